The molecule has 1 aliphatic carbocycles. The van der Waals surface area contributed by atoms with Crippen molar-refractivity contribution in [3.63, 3.8) is 0 Å². The monoisotopic (exact) mass is 478 g/mol. The minimum absolute atomic E-state index is 0.435. The van der Waals surface area contributed by atoms with Crippen molar-refractivity contribution in [2.75, 3.05) is 17.1 Å². The zero-order chi connectivity index (χ0) is 20.9. The van der Waals surface area contributed by atoms with Gasteiger partial charge in [0.1, 0.15) is 0 Å². The molecule has 0 aliphatic heterocycles. The third kappa shape index (κ3) is 5.24. The normalized spacial score (nSPS) is 18.6. The zero-order valence-electron chi connectivity index (χ0n) is 16.5. The molecule has 158 valence electrons. The first kappa shape index (κ1) is 21.8. The van der Waals surface area contributed by atoms with Crippen molar-refractivity contribution in [3.8, 4) is 0 Å². The van der Waals surface area contributed by atoms with Crippen LogP contribution < -0.4 is 14.8 Å². The number of hydrogen-bond donors (Lipinski definition) is 4. The van der Waals surface area contributed by atoms with Gasteiger partial charge in [0.2, 0.25) is 0 Å². The van der Waals surface area contributed by atoms with Gasteiger partial charge in [-0.1, -0.05) is 59.4 Å². The summed E-state index contributed by atoms with van der Waals surface area (Å²) in [5.74, 6) is 0. The lowest BCUT2D eigenvalue weighted by Crippen LogP contribution is -2.17. The largest absolute Gasteiger partial charge is 0.388 e. The van der Waals surface area contributed by atoms with Crippen LogP contribution in [0.1, 0.15) is 18.4 Å². The maximum Gasteiger partial charge on any atom is 0.0728 e. The van der Waals surface area contributed by atoms with E-state index in [4.69, 9.17) is 23.2 Å². The molecule has 8 heteroatoms. The summed E-state index contributed by atoms with van der Waals surface area (Å²) in [5.41, 5.74) is 4.37. The Balaban J connectivity index is 1.26. The molecule has 0 saturated heterocycles. The van der Waals surface area contributed by atoms with Crippen molar-refractivity contribution >= 4 is 69.4 Å². The van der Waals surface area contributed by atoms with E-state index in [0.717, 1.165) is 41.7 Å². The molecule has 1 aromatic heterocycles. The molecule has 0 amide bonds. The van der Waals surface area contributed by atoms with E-state index >= 15 is 0 Å². The van der Waals surface area contributed by atoms with Crippen LogP contribution in [0.5, 0.6) is 0 Å². The van der Waals surface area contributed by atoms with Gasteiger partial charge in [-0.15, -0.1) is 0 Å². The first-order valence-electron chi connectivity index (χ1n) is 9.84. The topological polar surface area (TPSA) is 51.9 Å². The van der Waals surface area contributed by atoms with Gasteiger partial charge >= 0.3 is 0 Å². The van der Waals surface area contributed by atoms with E-state index in [2.05, 4.69) is 56.2 Å². The number of hydrogen-bond acceptors (Lipinski definition) is 5. The number of nitrogens with one attached hydrogen (secondary N) is 4. The predicted molar refractivity (Wildman–Crippen MR) is 136 cm³/mol. The standard InChI is InChI=1S/C22H24Cl2N4S2/c1-25-15-4-2-3-14(11-15)12-27-29-16-5-7-17(8-6-16)30-28-20-10-9-18(23)21-19(24)13-26-22(20)21/h2-5,7,9-11,13,16-17,25-28H,6,8,12H2,1H3. The van der Waals surface area contributed by atoms with Crippen LogP contribution in [-0.2, 0) is 6.54 Å². The van der Waals surface area contributed by atoms with Crippen LogP contribution in [0.25, 0.3) is 10.9 Å². The first-order chi connectivity index (χ1) is 14.6. The third-order valence-corrected chi connectivity index (χ3v) is 7.71. The van der Waals surface area contributed by atoms with E-state index in [1.54, 1.807) is 18.1 Å². The lowest BCUT2D eigenvalue weighted by molar-refractivity contribution is 0.749. The Kier molecular flexibility index (Phi) is 7.44. The Morgan fingerprint density at radius 1 is 1.03 bits per heavy atom. The van der Waals surface area contributed by atoms with Gasteiger partial charge in [-0.05, 0) is 54.6 Å². The molecule has 3 aromatic rings. The second-order valence-electron chi connectivity index (χ2n) is 7.13. The number of halogens is 2. The molecular formula is C22H24Cl2N4S2. The highest BCUT2D eigenvalue weighted by atomic mass is 35.5. The molecule has 4 nitrogen and oxygen atoms in total. The number of aromatic nitrogens is 1. The molecule has 0 fully saturated rings. The van der Waals surface area contributed by atoms with Gasteiger partial charge < -0.3 is 15.0 Å². The van der Waals surface area contributed by atoms with Gasteiger partial charge in [-0.2, -0.15) is 0 Å². The fraction of sp³-hybridized carbons (Fsp3) is 0.273. The summed E-state index contributed by atoms with van der Waals surface area (Å²) in [6.45, 7) is 0.857. The predicted octanol–water partition coefficient (Wildman–Crippen LogP) is 7.10. The third-order valence-electron chi connectivity index (χ3n) is 5.06. The molecule has 0 bridgehead atoms. The molecule has 1 aliphatic rings. The molecule has 0 saturated carbocycles. The maximum atomic E-state index is 6.27. The summed E-state index contributed by atoms with van der Waals surface area (Å²) in [5, 5.41) is 6.29. The summed E-state index contributed by atoms with van der Waals surface area (Å²) in [7, 11) is 1.94. The van der Waals surface area contributed by atoms with Gasteiger partial charge in [0.25, 0.3) is 0 Å². The van der Waals surface area contributed by atoms with Crippen molar-refractivity contribution in [1.29, 1.82) is 0 Å². The second-order valence-corrected chi connectivity index (χ2v) is 10.1. The van der Waals surface area contributed by atoms with Crippen LogP contribution in [0, 0.1) is 0 Å². The van der Waals surface area contributed by atoms with E-state index in [9.17, 15) is 0 Å². The van der Waals surface area contributed by atoms with Crippen LogP contribution in [0.3, 0.4) is 0 Å². The molecule has 2 aromatic carbocycles. The summed E-state index contributed by atoms with van der Waals surface area (Å²) in [6, 6.07) is 12.4. The van der Waals surface area contributed by atoms with Crippen LogP contribution in [-0.4, -0.2) is 22.5 Å². The molecule has 0 radical (unpaired) electrons. The highest BCUT2D eigenvalue weighted by molar-refractivity contribution is 8.01. The van der Waals surface area contributed by atoms with Crippen molar-refractivity contribution < 1.29 is 0 Å². The number of rotatable bonds is 8. The average Bonchev–Trinajstić information content (AvgIpc) is 3.17. The van der Waals surface area contributed by atoms with Crippen LogP contribution in [0.4, 0.5) is 11.4 Å². The van der Waals surface area contributed by atoms with Gasteiger partial charge in [0.05, 0.1) is 21.2 Å². The minimum atomic E-state index is 0.435. The molecule has 4 rings (SSSR count). The summed E-state index contributed by atoms with van der Waals surface area (Å²) in [6.07, 6.45) is 8.67. The molecule has 1 heterocycles. The summed E-state index contributed by atoms with van der Waals surface area (Å²) in [4.78, 5) is 3.21. The lowest BCUT2D eigenvalue weighted by atomic mass is 10.1. The minimum Gasteiger partial charge on any atom is -0.388 e. The first-order valence-corrected chi connectivity index (χ1v) is 12.4. The fourth-order valence-electron chi connectivity index (χ4n) is 3.43. The fourth-order valence-corrected chi connectivity index (χ4v) is 5.74. The van der Waals surface area contributed by atoms with Crippen LogP contribution in [0.2, 0.25) is 10.0 Å². The Morgan fingerprint density at radius 2 is 1.83 bits per heavy atom. The van der Waals surface area contributed by atoms with E-state index in [1.165, 1.54) is 5.56 Å². The van der Waals surface area contributed by atoms with Crippen molar-refractivity contribution in [2.24, 2.45) is 0 Å². The molecule has 30 heavy (non-hydrogen) atoms. The highest BCUT2D eigenvalue weighted by Crippen LogP contribution is 2.37. The van der Waals surface area contributed by atoms with E-state index in [1.807, 2.05) is 31.1 Å². The summed E-state index contributed by atoms with van der Waals surface area (Å²) < 4.78 is 6.99. The Morgan fingerprint density at radius 3 is 2.60 bits per heavy atom. The van der Waals surface area contributed by atoms with Crippen LogP contribution >= 0.6 is 47.1 Å². The number of H-pyrrole nitrogens is 1. The van der Waals surface area contributed by atoms with E-state index in [-0.39, 0.29) is 0 Å². The quantitative estimate of drug-likeness (QED) is 0.205. The van der Waals surface area contributed by atoms with Gasteiger partial charge in [-0.3, -0.25) is 4.72 Å². The van der Waals surface area contributed by atoms with Crippen molar-refractivity contribution in [1.82, 2.24) is 9.71 Å². The molecule has 2 unspecified atom stereocenters. The zero-order valence-corrected chi connectivity index (χ0v) is 19.7. The van der Waals surface area contributed by atoms with Crippen molar-refractivity contribution in [2.45, 2.75) is 29.9 Å². The van der Waals surface area contributed by atoms with Gasteiger partial charge in [0.15, 0.2) is 0 Å². The van der Waals surface area contributed by atoms with Gasteiger partial charge in [0, 0.05) is 41.4 Å². The second kappa shape index (κ2) is 10.2. The van der Waals surface area contributed by atoms with Crippen molar-refractivity contribution in [3.05, 3.63) is 70.4 Å². The number of aromatic amines is 1. The van der Waals surface area contributed by atoms with Gasteiger partial charge in [-0.25, -0.2) is 0 Å². The molecule has 4 N–H and O–H groups in total. The van der Waals surface area contributed by atoms with Crippen LogP contribution in [0.15, 0.2) is 54.7 Å². The SMILES string of the molecule is CNc1cccc(CNSC2C=CC(SNc3ccc(Cl)c4c(Cl)c[nH]c34)CC2)c1. The Labute approximate surface area is 195 Å². The molecular weight excluding hydrogens is 455 g/mol. The maximum absolute atomic E-state index is 6.27. The highest BCUT2D eigenvalue weighted by Gasteiger charge is 2.18. The Bertz CT molecular complexity index is 1040. The Hall–Kier alpha value is -1.44. The van der Waals surface area contributed by atoms with E-state index < -0.39 is 0 Å². The number of anilines is 2. The van der Waals surface area contributed by atoms with E-state index in [0.29, 0.717) is 20.5 Å². The lowest BCUT2D eigenvalue weighted by Gasteiger charge is -2.22. The average molecular weight is 480 g/mol. The summed E-state index contributed by atoms with van der Waals surface area (Å²) >= 11 is 16.0. The molecule has 0 spiro atoms. The number of fused-ring (bicyclic) bond motifs is 1. The smallest absolute Gasteiger partial charge is 0.0728 e. The number of benzene rings is 2. The molecule has 2 atom stereocenters.